The predicted molar refractivity (Wildman–Crippen MR) is 85.6 cm³/mol. The van der Waals surface area contributed by atoms with E-state index in [2.05, 4.69) is 25.6 Å². The lowest BCUT2D eigenvalue weighted by molar-refractivity contribution is 0.0914. The van der Waals surface area contributed by atoms with Crippen LogP contribution in [0.25, 0.3) is 0 Å². The summed E-state index contributed by atoms with van der Waals surface area (Å²) in [5.41, 5.74) is 1.81. The van der Waals surface area contributed by atoms with Gasteiger partial charge in [0.25, 0.3) is 5.91 Å². The molecule has 2 aromatic rings. The van der Waals surface area contributed by atoms with Gasteiger partial charge in [0, 0.05) is 30.2 Å². The zero-order valence-corrected chi connectivity index (χ0v) is 13.3. The molecule has 0 aliphatic rings. The maximum absolute atomic E-state index is 12.2. The highest BCUT2D eigenvalue weighted by Crippen LogP contribution is 2.09. The molecule has 0 atom stereocenters. The molecule has 0 saturated heterocycles. The summed E-state index contributed by atoms with van der Waals surface area (Å²) in [5, 5.41) is 6.01. The number of carbonyl (C=O) groups is 1. The Morgan fingerprint density at radius 2 is 2.05 bits per heavy atom. The molecule has 0 spiro atoms. The van der Waals surface area contributed by atoms with Gasteiger partial charge in [0.2, 0.25) is 5.95 Å². The predicted octanol–water partition coefficient (Wildman–Crippen LogP) is 2.32. The number of aryl methyl sites for hydroxylation is 1. The van der Waals surface area contributed by atoms with Crippen molar-refractivity contribution in [3.8, 4) is 0 Å². The van der Waals surface area contributed by atoms with Crippen LogP contribution in [0.15, 0.2) is 30.6 Å². The number of rotatable bonds is 4. The molecule has 1 amide bonds. The van der Waals surface area contributed by atoms with Crippen molar-refractivity contribution < 1.29 is 4.79 Å². The maximum Gasteiger partial charge on any atom is 0.270 e. The molecule has 0 bridgehead atoms. The van der Waals surface area contributed by atoms with Crippen molar-refractivity contribution in [2.24, 2.45) is 0 Å². The lowest BCUT2D eigenvalue weighted by Crippen LogP contribution is -2.41. The number of nitrogens with zero attached hydrogens (tertiary/aromatic N) is 3. The molecule has 2 rings (SSSR count). The van der Waals surface area contributed by atoms with Crippen LogP contribution in [-0.2, 0) is 6.54 Å². The lowest BCUT2D eigenvalue weighted by atomic mass is 10.1. The van der Waals surface area contributed by atoms with Crippen molar-refractivity contribution >= 4 is 11.9 Å². The smallest absolute Gasteiger partial charge is 0.270 e. The van der Waals surface area contributed by atoms with E-state index >= 15 is 0 Å². The van der Waals surface area contributed by atoms with Crippen LogP contribution in [0.2, 0.25) is 0 Å². The Hall–Kier alpha value is -2.50. The van der Waals surface area contributed by atoms with Crippen molar-refractivity contribution in [2.45, 2.75) is 39.8 Å². The van der Waals surface area contributed by atoms with Gasteiger partial charge in [-0.15, -0.1) is 0 Å². The highest BCUT2D eigenvalue weighted by molar-refractivity contribution is 5.93. The number of anilines is 1. The third-order valence-corrected chi connectivity index (χ3v) is 2.75. The molecular formula is C16H21N5O. The maximum atomic E-state index is 12.2. The van der Waals surface area contributed by atoms with Gasteiger partial charge in [-0.25, -0.2) is 9.97 Å². The van der Waals surface area contributed by atoms with E-state index in [4.69, 9.17) is 0 Å². The minimum atomic E-state index is -0.306. The van der Waals surface area contributed by atoms with Crippen LogP contribution >= 0.6 is 0 Å². The molecule has 2 heterocycles. The number of pyridine rings is 1. The standard InChI is InChI=1S/C16H21N5O/c1-11-8-13(14(22)21-16(2,3)4)20-15(19-11)18-10-12-6-5-7-17-9-12/h5-9H,10H2,1-4H3,(H,21,22)(H,18,19,20). The number of nitrogens with one attached hydrogen (secondary N) is 2. The molecule has 22 heavy (non-hydrogen) atoms. The van der Waals surface area contributed by atoms with Gasteiger partial charge in [-0.1, -0.05) is 6.07 Å². The van der Waals surface area contributed by atoms with Crippen LogP contribution in [0.5, 0.6) is 0 Å². The Labute approximate surface area is 130 Å². The first kappa shape index (κ1) is 15.9. The molecule has 2 aromatic heterocycles. The minimum Gasteiger partial charge on any atom is -0.350 e. The van der Waals surface area contributed by atoms with Gasteiger partial charge >= 0.3 is 0 Å². The third kappa shape index (κ3) is 4.80. The highest BCUT2D eigenvalue weighted by atomic mass is 16.2. The number of hydrogen-bond acceptors (Lipinski definition) is 5. The summed E-state index contributed by atoms with van der Waals surface area (Å²) in [6.45, 7) is 8.18. The fourth-order valence-corrected chi connectivity index (χ4v) is 1.85. The van der Waals surface area contributed by atoms with Crippen LogP contribution in [0.1, 0.15) is 42.5 Å². The molecule has 6 nitrogen and oxygen atoms in total. The SMILES string of the molecule is Cc1cc(C(=O)NC(C)(C)C)nc(NCc2cccnc2)n1. The van der Waals surface area contributed by atoms with E-state index in [1.54, 1.807) is 18.5 Å². The van der Waals surface area contributed by atoms with Crippen molar-refractivity contribution in [1.82, 2.24) is 20.3 Å². The summed E-state index contributed by atoms with van der Waals surface area (Å²) in [5.74, 6) is 0.227. The molecule has 6 heteroatoms. The largest absolute Gasteiger partial charge is 0.350 e. The Bertz CT molecular complexity index is 649. The highest BCUT2D eigenvalue weighted by Gasteiger charge is 2.17. The second-order valence-electron chi connectivity index (χ2n) is 6.14. The van der Waals surface area contributed by atoms with Crippen LogP contribution in [0.4, 0.5) is 5.95 Å². The summed E-state index contributed by atoms with van der Waals surface area (Å²) in [4.78, 5) is 24.8. The summed E-state index contributed by atoms with van der Waals surface area (Å²) in [7, 11) is 0. The van der Waals surface area contributed by atoms with E-state index in [0.717, 1.165) is 11.3 Å². The van der Waals surface area contributed by atoms with Gasteiger partial charge < -0.3 is 10.6 Å². The van der Waals surface area contributed by atoms with Gasteiger partial charge in [0.15, 0.2) is 0 Å². The topological polar surface area (TPSA) is 79.8 Å². The summed E-state index contributed by atoms with van der Waals surface area (Å²) < 4.78 is 0. The van der Waals surface area contributed by atoms with Gasteiger partial charge in [-0.3, -0.25) is 9.78 Å². The Balaban J connectivity index is 2.11. The summed E-state index contributed by atoms with van der Waals surface area (Å²) >= 11 is 0. The Morgan fingerprint density at radius 1 is 1.27 bits per heavy atom. The van der Waals surface area contributed by atoms with Gasteiger partial charge in [-0.05, 0) is 45.4 Å². The van der Waals surface area contributed by atoms with E-state index in [0.29, 0.717) is 18.2 Å². The molecule has 116 valence electrons. The first-order valence-corrected chi connectivity index (χ1v) is 7.14. The quantitative estimate of drug-likeness (QED) is 0.905. The van der Waals surface area contributed by atoms with E-state index in [-0.39, 0.29) is 11.4 Å². The van der Waals surface area contributed by atoms with Gasteiger partial charge in [0.1, 0.15) is 5.69 Å². The average Bonchev–Trinajstić information content (AvgIpc) is 2.44. The van der Waals surface area contributed by atoms with Crippen molar-refractivity contribution in [3.05, 3.63) is 47.5 Å². The molecule has 0 saturated carbocycles. The molecule has 0 aromatic carbocycles. The zero-order chi connectivity index (χ0) is 16.2. The van der Waals surface area contributed by atoms with Crippen molar-refractivity contribution in [2.75, 3.05) is 5.32 Å². The number of carbonyl (C=O) groups excluding carboxylic acids is 1. The van der Waals surface area contributed by atoms with Crippen LogP contribution in [0.3, 0.4) is 0 Å². The Morgan fingerprint density at radius 3 is 2.68 bits per heavy atom. The first-order valence-electron chi connectivity index (χ1n) is 7.14. The second-order valence-corrected chi connectivity index (χ2v) is 6.14. The fourth-order valence-electron chi connectivity index (χ4n) is 1.85. The number of aromatic nitrogens is 3. The van der Waals surface area contributed by atoms with E-state index in [1.165, 1.54) is 0 Å². The summed E-state index contributed by atoms with van der Waals surface area (Å²) in [6.07, 6.45) is 3.50. The average molecular weight is 299 g/mol. The molecular weight excluding hydrogens is 278 g/mol. The monoisotopic (exact) mass is 299 g/mol. The molecule has 0 aliphatic heterocycles. The van der Waals surface area contributed by atoms with Crippen LogP contribution in [0, 0.1) is 6.92 Å². The van der Waals surface area contributed by atoms with Gasteiger partial charge in [0.05, 0.1) is 0 Å². The Kier molecular flexibility index (Phi) is 4.70. The minimum absolute atomic E-state index is 0.206. The third-order valence-electron chi connectivity index (χ3n) is 2.75. The van der Waals surface area contributed by atoms with E-state index < -0.39 is 0 Å². The summed E-state index contributed by atoms with van der Waals surface area (Å²) in [6, 6.07) is 5.51. The fraction of sp³-hybridized carbons (Fsp3) is 0.375. The number of hydrogen-bond donors (Lipinski definition) is 2. The normalized spacial score (nSPS) is 11.1. The van der Waals surface area contributed by atoms with Crippen molar-refractivity contribution in [3.63, 3.8) is 0 Å². The van der Waals surface area contributed by atoms with Crippen LogP contribution < -0.4 is 10.6 Å². The molecule has 2 N–H and O–H groups in total. The molecule has 0 unspecified atom stereocenters. The molecule has 0 aliphatic carbocycles. The van der Waals surface area contributed by atoms with Crippen LogP contribution in [-0.4, -0.2) is 26.4 Å². The van der Waals surface area contributed by atoms with Gasteiger partial charge in [-0.2, -0.15) is 0 Å². The van der Waals surface area contributed by atoms with E-state index in [1.807, 2.05) is 39.8 Å². The number of amides is 1. The van der Waals surface area contributed by atoms with Crippen molar-refractivity contribution in [1.29, 1.82) is 0 Å². The van der Waals surface area contributed by atoms with E-state index in [9.17, 15) is 4.79 Å². The second kappa shape index (κ2) is 6.51. The molecule has 0 radical (unpaired) electrons. The first-order chi connectivity index (χ1) is 10.3. The lowest BCUT2D eigenvalue weighted by Gasteiger charge is -2.20. The molecule has 0 fully saturated rings. The zero-order valence-electron chi connectivity index (χ0n) is 13.3.